The molecular formula is C18H19N3O6S. The van der Waals surface area contributed by atoms with Gasteiger partial charge in [0.05, 0.1) is 23.0 Å². The third-order valence-electron chi connectivity index (χ3n) is 4.37. The Morgan fingerprint density at radius 3 is 2.39 bits per heavy atom. The molecule has 0 aliphatic carbocycles. The maximum Gasteiger partial charge on any atom is 0.269 e. The molecule has 2 aromatic carbocycles. The molecule has 1 aliphatic rings. The van der Waals surface area contributed by atoms with Crippen molar-refractivity contribution in [3.05, 3.63) is 63.7 Å². The highest BCUT2D eigenvalue weighted by atomic mass is 32.2. The van der Waals surface area contributed by atoms with E-state index in [-0.39, 0.29) is 29.2 Å². The van der Waals surface area contributed by atoms with Crippen LogP contribution in [0.25, 0.3) is 0 Å². The molecule has 9 nitrogen and oxygen atoms in total. The summed E-state index contributed by atoms with van der Waals surface area (Å²) in [5, 5.41) is 13.3. The fraction of sp³-hybridized carbons (Fsp3) is 0.278. The second-order valence-electron chi connectivity index (χ2n) is 6.25. The second kappa shape index (κ2) is 8.05. The molecule has 0 saturated carbocycles. The first-order valence-corrected chi connectivity index (χ1v) is 9.97. The molecule has 1 heterocycles. The molecule has 1 amide bonds. The predicted molar refractivity (Wildman–Crippen MR) is 102 cm³/mol. The third kappa shape index (κ3) is 4.19. The van der Waals surface area contributed by atoms with Gasteiger partial charge in [0.2, 0.25) is 10.0 Å². The van der Waals surface area contributed by atoms with Crippen LogP contribution in [0.4, 0.5) is 11.4 Å². The highest BCUT2D eigenvalue weighted by molar-refractivity contribution is 7.89. The summed E-state index contributed by atoms with van der Waals surface area (Å²) < 4.78 is 32.4. The van der Waals surface area contributed by atoms with Crippen LogP contribution in [0.2, 0.25) is 0 Å². The highest BCUT2D eigenvalue weighted by Crippen LogP contribution is 2.25. The number of benzene rings is 2. The van der Waals surface area contributed by atoms with Crippen molar-refractivity contribution in [2.75, 3.05) is 31.6 Å². The van der Waals surface area contributed by atoms with Crippen molar-refractivity contribution >= 4 is 27.3 Å². The van der Waals surface area contributed by atoms with Gasteiger partial charge in [0.1, 0.15) is 0 Å². The molecule has 0 aromatic heterocycles. The second-order valence-corrected chi connectivity index (χ2v) is 8.16. The molecule has 0 spiro atoms. The van der Waals surface area contributed by atoms with Gasteiger partial charge in [-0.3, -0.25) is 14.9 Å². The van der Waals surface area contributed by atoms with Crippen molar-refractivity contribution < 1.29 is 22.9 Å². The summed E-state index contributed by atoms with van der Waals surface area (Å²) in [6.07, 6.45) is 0. The number of hydrogen-bond acceptors (Lipinski definition) is 6. The van der Waals surface area contributed by atoms with Crippen LogP contribution in [0.5, 0.6) is 0 Å². The number of amides is 1. The zero-order valence-electron chi connectivity index (χ0n) is 15.1. The van der Waals surface area contributed by atoms with E-state index in [1.54, 1.807) is 19.1 Å². The molecule has 10 heteroatoms. The van der Waals surface area contributed by atoms with Crippen LogP contribution in [0, 0.1) is 17.0 Å². The summed E-state index contributed by atoms with van der Waals surface area (Å²) >= 11 is 0. The van der Waals surface area contributed by atoms with Crippen LogP contribution in [0.3, 0.4) is 0 Å². The lowest BCUT2D eigenvalue weighted by Crippen LogP contribution is -2.40. The van der Waals surface area contributed by atoms with Gasteiger partial charge in [-0.15, -0.1) is 0 Å². The van der Waals surface area contributed by atoms with Gasteiger partial charge in [-0.2, -0.15) is 4.31 Å². The van der Waals surface area contributed by atoms with E-state index in [0.717, 1.165) is 0 Å². The lowest BCUT2D eigenvalue weighted by molar-refractivity contribution is -0.384. The van der Waals surface area contributed by atoms with E-state index in [9.17, 15) is 23.3 Å². The van der Waals surface area contributed by atoms with Crippen LogP contribution in [-0.4, -0.2) is 49.9 Å². The fourth-order valence-electron chi connectivity index (χ4n) is 2.82. The topological polar surface area (TPSA) is 119 Å². The number of nitro benzene ring substituents is 1. The Kier molecular flexibility index (Phi) is 5.73. The van der Waals surface area contributed by atoms with Crippen LogP contribution in [0.1, 0.15) is 15.9 Å². The standard InChI is InChI=1S/C18H19N3O6S/c1-13-2-5-15(12-17(13)28(25,26)20-8-10-27-11-9-20)19-18(22)14-3-6-16(7-4-14)21(23)24/h2-7,12H,8-11H2,1H3,(H,19,22). The zero-order valence-corrected chi connectivity index (χ0v) is 15.9. The van der Waals surface area contributed by atoms with Crippen molar-refractivity contribution in [2.24, 2.45) is 0 Å². The molecule has 1 saturated heterocycles. The first-order chi connectivity index (χ1) is 13.3. The maximum atomic E-state index is 12.9. The first kappa shape index (κ1) is 19.9. The van der Waals surface area contributed by atoms with Crippen LogP contribution in [0.15, 0.2) is 47.4 Å². The average molecular weight is 405 g/mol. The molecule has 1 N–H and O–H groups in total. The number of morpholine rings is 1. The Hall–Kier alpha value is -2.82. The molecule has 0 unspecified atom stereocenters. The monoisotopic (exact) mass is 405 g/mol. The Morgan fingerprint density at radius 1 is 1.14 bits per heavy atom. The molecule has 1 fully saturated rings. The predicted octanol–water partition coefficient (Wildman–Crippen LogP) is 2.18. The molecule has 28 heavy (non-hydrogen) atoms. The van der Waals surface area contributed by atoms with Crippen molar-refractivity contribution in [2.45, 2.75) is 11.8 Å². The Morgan fingerprint density at radius 2 is 1.79 bits per heavy atom. The number of nitro groups is 1. The van der Waals surface area contributed by atoms with E-state index in [1.807, 2.05) is 0 Å². The van der Waals surface area contributed by atoms with Crippen LogP contribution in [-0.2, 0) is 14.8 Å². The van der Waals surface area contributed by atoms with Gasteiger partial charge < -0.3 is 10.1 Å². The first-order valence-electron chi connectivity index (χ1n) is 8.53. The minimum atomic E-state index is -3.70. The summed E-state index contributed by atoms with van der Waals surface area (Å²) in [6.45, 7) is 2.93. The van der Waals surface area contributed by atoms with Crippen molar-refractivity contribution in [1.29, 1.82) is 0 Å². The lowest BCUT2D eigenvalue weighted by Gasteiger charge is -2.26. The molecule has 0 radical (unpaired) electrons. The van der Waals surface area contributed by atoms with Gasteiger partial charge >= 0.3 is 0 Å². The molecule has 0 bridgehead atoms. The van der Waals surface area contributed by atoms with Gasteiger partial charge in [-0.25, -0.2) is 8.42 Å². The SMILES string of the molecule is Cc1ccc(NC(=O)c2ccc([N+](=O)[O-])cc2)cc1S(=O)(=O)N1CCOCC1. The minimum Gasteiger partial charge on any atom is -0.379 e. The van der Waals surface area contributed by atoms with E-state index in [2.05, 4.69) is 5.32 Å². The molecule has 3 rings (SSSR count). The molecule has 1 aliphatic heterocycles. The lowest BCUT2D eigenvalue weighted by atomic mass is 10.2. The van der Waals surface area contributed by atoms with Crippen molar-refractivity contribution in [3.63, 3.8) is 0 Å². The number of rotatable bonds is 5. The Labute approximate surface area is 162 Å². The zero-order chi connectivity index (χ0) is 20.3. The Bertz CT molecular complexity index is 998. The van der Waals surface area contributed by atoms with E-state index >= 15 is 0 Å². The number of carbonyl (C=O) groups is 1. The maximum absolute atomic E-state index is 12.9. The average Bonchev–Trinajstić information content (AvgIpc) is 2.70. The van der Waals surface area contributed by atoms with Gasteiger partial charge in [0.25, 0.3) is 11.6 Å². The van der Waals surface area contributed by atoms with Crippen LogP contribution < -0.4 is 5.32 Å². The van der Waals surface area contributed by atoms with E-state index in [0.29, 0.717) is 24.5 Å². The number of nitrogens with zero attached hydrogens (tertiary/aromatic N) is 2. The quantitative estimate of drug-likeness (QED) is 0.601. The number of carbonyl (C=O) groups excluding carboxylic acids is 1. The number of sulfonamides is 1. The van der Waals surface area contributed by atoms with E-state index < -0.39 is 20.9 Å². The van der Waals surface area contributed by atoms with Crippen molar-refractivity contribution in [1.82, 2.24) is 4.31 Å². The minimum absolute atomic E-state index is 0.120. The van der Waals surface area contributed by atoms with Gasteiger partial charge in [0, 0.05) is 36.5 Å². The van der Waals surface area contributed by atoms with Crippen LogP contribution >= 0.6 is 0 Å². The number of nitrogens with one attached hydrogen (secondary N) is 1. The number of anilines is 1. The number of non-ortho nitro benzene ring substituents is 1. The summed E-state index contributed by atoms with van der Waals surface area (Å²) in [5.74, 6) is -0.492. The number of ether oxygens (including phenoxy) is 1. The molecule has 148 valence electrons. The summed E-state index contributed by atoms with van der Waals surface area (Å²) in [5.41, 5.74) is 0.996. The molecule has 2 aromatic rings. The van der Waals surface area contributed by atoms with E-state index in [4.69, 9.17) is 4.74 Å². The van der Waals surface area contributed by atoms with Gasteiger partial charge in [-0.1, -0.05) is 6.07 Å². The fourth-order valence-corrected chi connectivity index (χ4v) is 4.48. The third-order valence-corrected chi connectivity index (χ3v) is 6.41. The number of hydrogen-bond donors (Lipinski definition) is 1. The van der Waals surface area contributed by atoms with Crippen molar-refractivity contribution in [3.8, 4) is 0 Å². The summed E-state index contributed by atoms with van der Waals surface area (Å²) in [7, 11) is -3.70. The molecule has 0 atom stereocenters. The largest absolute Gasteiger partial charge is 0.379 e. The summed E-state index contributed by atoms with van der Waals surface area (Å²) in [6, 6.07) is 9.80. The van der Waals surface area contributed by atoms with E-state index in [1.165, 1.54) is 34.6 Å². The highest BCUT2D eigenvalue weighted by Gasteiger charge is 2.28. The van der Waals surface area contributed by atoms with Gasteiger partial charge in [-0.05, 0) is 36.8 Å². The molecular weight excluding hydrogens is 386 g/mol. The Balaban J connectivity index is 1.82. The smallest absolute Gasteiger partial charge is 0.269 e. The summed E-state index contributed by atoms with van der Waals surface area (Å²) in [4.78, 5) is 22.7. The number of aryl methyl sites for hydroxylation is 1. The van der Waals surface area contributed by atoms with Gasteiger partial charge in [0.15, 0.2) is 0 Å². The normalized spacial score (nSPS) is 15.2.